The number of hydrogen-bond acceptors (Lipinski definition) is 6. The van der Waals surface area contributed by atoms with Crippen molar-refractivity contribution >= 4 is 0 Å². The molecule has 2 aliphatic rings. The molecular formula is C22H30N4O2. The summed E-state index contributed by atoms with van der Waals surface area (Å²) in [6.07, 6.45) is 9.33. The van der Waals surface area contributed by atoms with Gasteiger partial charge in [-0.1, -0.05) is 25.0 Å². The molecule has 1 N–H and O–H groups in total. The Morgan fingerprint density at radius 2 is 1.68 bits per heavy atom. The summed E-state index contributed by atoms with van der Waals surface area (Å²) in [5.74, 6) is 0.731. The molecule has 1 aromatic heterocycles. The van der Waals surface area contributed by atoms with Crippen LogP contribution in [0.4, 0.5) is 0 Å². The fourth-order valence-corrected chi connectivity index (χ4v) is 4.35. The number of piperidine rings is 1. The van der Waals surface area contributed by atoms with Crippen LogP contribution in [-0.2, 0) is 6.54 Å². The summed E-state index contributed by atoms with van der Waals surface area (Å²) >= 11 is 0. The Morgan fingerprint density at radius 3 is 2.36 bits per heavy atom. The number of ether oxygens (including phenoxy) is 1. The Hall–Kier alpha value is -2.02. The highest BCUT2D eigenvalue weighted by Gasteiger charge is 2.32. The van der Waals surface area contributed by atoms with E-state index in [0.717, 1.165) is 44.9 Å². The van der Waals surface area contributed by atoms with Crippen LogP contribution in [0.2, 0.25) is 0 Å². The van der Waals surface area contributed by atoms with Crippen molar-refractivity contribution in [2.45, 2.75) is 50.8 Å². The molecule has 0 saturated carbocycles. The molecule has 0 radical (unpaired) electrons. The zero-order valence-corrected chi connectivity index (χ0v) is 16.4. The maximum atomic E-state index is 10.8. The first-order valence-corrected chi connectivity index (χ1v) is 10.5. The molecule has 2 fully saturated rings. The van der Waals surface area contributed by atoms with E-state index in [1.54, 1.807) is 18.5 Å². The van der Waals surface area contributed by atoms with Gasteiger partial charge in [-0.15, -0.1) is 0 Å². The third-order valence-electron chi connectivity index (χ3n) is 5.82. The highest BCUT2D eigenvalue weighted by molar-refractivity contribution is 5.29. The average Bonchev–Trinajstić information content (AvgIpc) is 3.00. The minimum absolute atomic E-state index is 0.260. The molecule has 6 heteroatoms. The van der Waals surface area contributed by atoms with Gasteiger partial charge in [0.25, 0.3) is 0 Å². The van der Waals surface area contributed by atoms with E-state index in [0.29, 0.717) is 12.1 Å². The molecule has 2 aliphatic heterocycles. The molecule has 6 nitrogen and oxygen atoms in total. The van der Waals surface area contributed by atoms with Crippen molar-refractivity contribution in [2.24, 2.45) is 0 Å². The average molecular weight is 383 g/mol. The number of hydrogen-bond donors (Lipinski definition) is 1. The van der Waals surface area contributed by atoms with Crippen LogP contribution in [-0.4, -0.2) is 63.2 Å². The molecule has 0 aliphatic carbocycles. The third-order valence-corrected chi connectivity index (χ3v) is 5.82. The summed E-state index contributed by atoms with van der Waals surface area (Å²) in [5.41, 5.74) is 1.22. The quantitative estimate of drug-likeness (QED) is 0.858. The molecule has 2 saturated heterocycles. The van der Waals surface area contributed by atoms with Crippen LogP contribution in [0.1, 0.15) is 37.7 Å². The van der Waals surface area contributed by atoms with Crippen molar-refractivity contribution < 1.29 is 9.84 Å². The Morgan fingerprint density at radius 1 is 0.964 bits per heavy atom. The first kappa shape index (κ1) is 19.3. The van der Waals surface area contributed by atoms with Gasteiger partial charge in [0.05, 0.1) is 6.10 Å². The zero-order chi connectivity index (χ0) is 19.2. The molecule has 28 heavy (non-hydrogen) atoms. The highest BCUT2D eigenvalue weighted by atomic mass is 16.5. The summed E-state index contributed by atoms with van der Waals surface area (Å²) in [4.78, 5) is 13.0. The number of likely N-dealkylation sites (tertiary alicyclic amines) is 2. The largest absolute Gasteiger partial charge is 0.424 e. The monoisotopic (exact) mass is 382 g/mol. The SMILES string of the molecule is O[C@@H]1CN(Cc2ccc(Oc3ncccn3)cc2)CC[C@H]1N1CCCCCC1. The van der Waals surface area contributed by atoms with E-state index in [9.17, 15) is 5.11 Å². The van der Waals surface area contributed by atoms with Crippen molar-refractivity contribution in [1.29, 1.82) is 0 Å². The summed E-state index contributed by atoms with van der Waals surface area (Å²) in [5, 5.41) is 10.8. The summed E-state index contributed by atoms with van der Waals surface area (Å²) in [7, 11) is 0. The Bertz CT molecular complexity index is 717. The van der Waals surface area contributed by atoms with Crippen LogP contribution in [0.5, 0.6) is 11.8 Å². The van der Waals surface area contributed by atoms with E-state index < -0.39 is 0 Å². The van der Waals surface area contributed by atoms with Crippen LogP contribution >= 0.6 is 0 Å². The fraction of sp³-hybridized carbons (Fsp3) is 0.545. The number of aliphatic hydroxyl groups excluding tert-OH is 1. The van der Waals surface area contributed by atoms with Gasteiger partial charge in [0, 0.05) is 38.1 Å². The first-order valence-electron chi connectivity index (χ1n) is 10.5. The first-order chi connectivity index (χ1) is 13.8. The van der Waals surface area contributed by atoms with Crippen molar-refractivity contribution in [1.82, 2.24) is 19.8 Å². The van der Waals surface area contributed by atoms with Gasteiger partial charge in [-0.2, -0.15) is 0 Å². The summed E-state index contributed by atoms with van der Waals surface area (Å²) < 4.78 is 5.65. The topological polar surface area (TPSA) is 61.7 Å². The molecule has 0 bridgehead atoms. The smallest absolute Gasteiger partial charge is 0.321 e. The molecule has 150 valence electrons. The van der Waals surface area contributed by atoms with Crippen LogP contribution in [0.3, 0.4) is 0 Å². The van der Waals surface area contributed by atoms with E-state index in [1.807, 2.05) is 12.1 Å². The Kier molecular flexibility index (Phi) is 6.52. The molecule has 4 rings (SSSR count). The molecule has 2 aromatic rings. The van der Waals surface area contributed by atoms with Gasteiger partial charge >= 0.3 is 6.01 Å². The van der Waals surface area contributed by atoms with Crippen molar-refractivity contribution in [2.75, 3.05) is 26.2 Å². The fourth-order valence-electron chi connectivity index (χ4n) is 4.35. The number of aromatic nitrogens is 2. The minimum atomic E-state index is -0.260. The second-order valence-corrected chi connectivity index (χ2v) is 7.89. The molecule has 2 atom stereocenters. The number of nitrogens with zero attached hydrogens (tertiary/aromatic N) is 4. The van der Waals surface area contributed by atoms with Gasteiger partial charge in [-0.05, 0) is 56.1 Å². The van der Waals surface area contributed by atoms with E-state index >= 15 is 0 Å². The van der Waals surface area contributed by atoms with E-state index in [-0.39, 0.29) is 6.10 Å². The molecule has 1 aromatic carbocycles. The predicted molar refractivity (Wildman–Crippen MR) is 108 cm³/mol. The van der Waals surface area contributed by atoms with Crippen LogP contribution in [0.15, 0.2) is 42.7 Å². The zero-order valence-electron chi connectivity index (χ0n) is 16.4. The lowest BCUT2D eigenvalue weighted by Gasteiger charge is -2.41. The number of benzene rings is 1. The maximum absolute atomic E-state index is 10.8. The number of β-amino-alcohol motifs (C(OH)–C–C–N with tert-alkyl or cyclic N) is 1. The summed E-state index contributed by atoms with van der Waals surface area (Å²) in [6.45, 7) is 4.93. The minimum Gasteiger partial charge on any atom is -0.424 e. The second kappa shape index (κ2) is 9.45. The standard InChI is InChI=1S/C22H30N4O2/c27-21-17-25(15-10-20(21)26-13-3-1-2-4-14-26)16-18-6-8-19(9-7-18)28-22-23-11-5-12-24-22/h5-9,11-12,20-21,27H,1-4,10,13-17H2/t20-,21-/m1/s1. The molecule has 3 heterocycles. The van der Waals surface area contributed by atoms with Crippen LogP contribution < -0.4 is 4.74 Å². The lowest BCUT2D eigenvalue weighted by molar-refractivity contribution is -0.0144. The lowest BCUT2D eigenvalue weighted by atomic mass is 9.99. The maximum Gasteiger partial charge on any atom is 0.321 e. The van der Waals surface area contributed by atoms with E-state index in [1.165, 1.54) is 31.2 Å². The Balaban J connectivity index is 1.29. The number of aliphatic hydroxyl groups is 1. The molecular weight excluding hydrogens is 352 g/mol. The van der Waals surface area contributed by atoms with Crippen molar-refractivity contribution in [3.63, 3.8) is 0 Å². The van der Waals surface area contributed by atoms with Gasteiger partial charge < -0.3 is 9.84 Å². The van der Waals surface area contributed by atoms with Gasteiger partial charge in [0.15, 0.2) is 0 Å². The normalized spacial score (nSPS) is 24.6. The van der Waals surface area contributed by atoms with E-state index in [2.05, 4.69) is 31.9 Å². The van der Waals surface area contributed by atoms with Crippen LogP contribution in [0, 0.1) is 0 Å². The third kappa shape index (κ3) is 5.07. The highest BCUT2D eigenvalue weighted by Crippen LogP contribution is 2.23. The summed E-state index contributed by atoms with van der Waals surface area (Å²) in [6, 6.07) is 10.5. The predicted octanol–water partition coefficient (Wildman–Crippen LogP) is 3.08. The van der Waals surface area contributed by atoms with Crippen molar-refractivity contribution in [3.8, 4) is 11.8 Å². The van der Waals surface area contributed by atoms with Gasteiger partial charge in [-0.25, -0.2) is 9.97 Å². The molecule has 0 unspecified atom stereocenters. The van der Waals surface area contributed by atoms with E-state index in [4.69, 9.17) is 4.74 Å². The lowest BCUT2D eigenvalue weighted by Crippen LogP contribution is -2.54. The second-order valence-electron chi connectivity index (χ2n) is 7.89. The number of rotatable bonds is 5. The van der Waals surface area contributed by atoms with Gasteiger partial charge in [-0.3, -0.25) is 9.80 Å². The van der Waals surface area contributed by atoms with Gasteiger partial charge in [0.1, 0.15) is 5.75 Å². The molecule has 0 amide bonds. The van der Waals surface area contributed by atoms with Crippen molar-refractivity contribution in [3.05, 3.63) is 48.3 Å². The van der Waals surface area contributed by atoms with Crippen LogP contribution in [0.25, 0.3) is 0 Å². The Labute approximate surface area is 167 Å². The van der Waals surface area contributed by atoms with Gasteiger partial charge in [0.2, 0.25) is 0 Å². The molecule has 0 spiro atoms.